The molecule has 2 heterocycles. The quantitative estimate of drug-likeness (QED) is 0.589. The highest BCUT2D eigenvalue weighted by molar-refractivity contribution is 7.89. The van der Waals surface area contributed by atoms with Gasteiger partial charge in [-0.15, -0.1) is 0 Å². The first-order valence-corrected chi connectivity index (χ1v) is 11.4. The van der Waals surface area contributed by atoms with Gasteiger partial charge in [-0.3, -0.25) is 4.57 Å². The van der Waals surface area contributed by atoms with Gasteiger partial charge in [0.15, 0.2) is 5.58 Å². The summed E-state index contributed by atoms with van der Waals surface area (Å²) in [7, 11) is -2.06. The number of hydrogen-bond donors (Lipinski definition) is 2. The van der Waals surface area contributed by atoms with Crippen LogP contribution in [0.25, 0.3) is 11.1 Å². The number of hydrogen-bond acceptors (Lipinski definition) is 4. The highest BCUT2D eigenvalue weighted by Gasteiger charge is 2.27. The Labute approximate surface area is 170 Å². The highest BCUT2D eigenvalue weighted by atomic mass is 32.2. The highest BCUT2D eigenvalue weighted by Crippen LogP contribution is 2.18. The molecule has 0 aliphatic carbocycles. The number of benzene rings is 2. The molecule has 2 N–H and O–H groups in total. The summed E-state index contributed by atoms with van der Waals surface area (Å²) in [6, 6.07) is 14.9. The van der Waals surface area contributed by atoms with E-state index in [0.717, 1.165) is 32.5 Å². The Hall–Kier alpha value is -2.42. The molecule has 0 bridgehead atoms. The Kier molecular flexibility index (Phi) is 5.58. The number of oxazole rings is 1. The molecule has 1 aliphatic rings. The minimum Gasteiger partial charge on any atom is -0.408 e. The van der Waals surface area contributed by atoms with Crippen LogP contribution in [0.3, 0.4) is 0 Å². The maximum atomic E-state index is 12.7. The third kappa shape index (κ3) is 4.44. The molecule has 0 saturated carbocycles. The van der Waals surface area contributed by atoms with Crippen LogP contribution in [0.15, 0.2) is 62.6 Å². The van der Waals surface area contributed by atoms with E-state index < -0.39 is 15.8 Å². The van der Waals surface area contributed by atoms with Crippen LogP contribution >= 0.6 is 0 Å². The van der Waals surface area contributed by atoms with Crippen LogP contribution in [0.4, 0.5) is 0 Å². The first-order chi connectivity index (χ1) is 13.9. The fourth-order valence-corrected chi connectivity index (χ4v) is 5.11. The Morgan fingerprint density at radius 1 is 1.21 bits per heavy atom. The van der Waals surface area contributed by atoms with Crippen LogP contribution in [0.1, 0.15) is 12.0 Å². The van der Waals surface area contributed by atoms with Crippen molar-refractivity contribution in [3.8, 4) is 0 Å². The minimum absolute atomic E-state index is 0.116. The maximum Gasteiger partial charge on any atom is 0.419 e. The number of nitrogens with zero attached hydrogens (tertiary/aromatic N) is 1. The van der Waals surface area contributed by atoms with Gasteiger partial charge >= 0.3 is 5.76 Å². The van der Waals surface area contributed by atoms with Crippen molar-refractivity contribution in [2.45, 2.75) is 17.7 Å². The van der Waals surface area contributed by atoms with Gasteiger partial charge in [0, 0.05) is 38.4 Å². The molecule has 3 aromatic rings. The lowest BCUT2D eigenvalue weighted by molar-refractivity contribution is -0.888. The van der Waals surface area contributed by atoms with Crippen molar-refractivity contribution in [3.05, 3.63) is 64.6 Å². The molecule has 7 nitrogen and oxygen atoms in total. The first kappa shape index (κ1) is 19.9. The number of sulfonamides is 1. The molecule has 1 fully saturated rings. The van der Waals surface area contributed by atoms with E-state index in [2.05, 4.69) is 29.0 Å². The van der Waals surface area contributed by atoms with Gasteiger partial charge < -0.3 is 9.32 Å². The van der Waals surface area contributed by atoms with Crippen LogP contribution in [-0.4, -0.2) is 39.2 Å². The smallest absolute Gasteiger partial charge is 0.408 e. The Morgan fingerprint density at radius 2 is 2.00 bits per heavy atom. The zero-order chi connectivity index (χ0) is 20.4. The summed E-state index contributed by atoms with van der Waals surface area (Å²) in [5.74, 6) is -0.180. The van der Waals surface area contributed by atoms with Gasteiger partial charge in [0.05, 0.1) is 30.0 Å². The minimum atomic E-state index is -3.65. The fourth-order valence-electron chi connectivity index (χ4n) is 3.98. The van der Waals surface area contributed by atoms with Gasteiger partial charge in [-0.2, -0.15) is 0 Å². The van der Waals surface area contributed by atoms with Crippen molar-refractivity contribution in [2.75, 3.05) is 26.2 Å². The molecule has 1 aromatic heterocycles. The van der Waals surface area contributed by atoms with Crippen molar-refractivity contribution < 1.29 is 17.7 Å². The van der Waals surface area contributed by atoms with Crippen molar-refractivity contribution in [3.63, 3.8) is 0 Å². The molecular formula is C21H26N3O4S+. The SMILES string of the molecule is Cn1c(=O)oc2cc(S(=O)(=O)NC[C@H]3CC[NH+](CCc4ccccc4)C3)ccc21. The standard InChI is InChI=1S/C21H25N3O4S/c1-23-19-8-7-18(13-20(19)28-21(23)25)29(26,27)22-14-17-10-12-24(15-17)11-9-16-5-3-2-4-6-16/h2-8,13,17,22H,9-12,14-15H2,1H3/p+1/t17-/m1/s1. The van der Waals surface area contributed by atoms with Crippen LogP contribution in [0, 0.1) is 5.92 Å². The molecule has 0 radical (unpaired) electrons. The summed E-state index contributed by atoms with van der Waals surface area (Å²) < 4.78 is 34.5. The molecule has 4 rings (SSSR count). The summed E-state index contributed by atoms with van der Waals surface area (Å²) in [5.41, 5.74) is 2.19. The fraction of sp³-hybridized carbons (Fsp3) is 0.381. The lowest BCUT2D eigenvalue weighted by atomic mass is 10.1. The Balaban J connectivity index is 1.33. The van der Waals surface area contributed by atoms with Gasteiger partial charge in [0.2, 0.25) is 10.0 Å². The molecule has 1 unspecified atom stereocenters. The van der Waals surface area contributed by atoms with E-state index in [4.69, 9.17) is 4.42 Å². The number of aromatic nitrogens is 1. The summed E-state index contributed by atoms with van der Waals surface area (Å²) in [5, 5.41) is 0. The zero-order valence-corrected chi connectivity index (χ0v) is 17.2. The van der Waals surface area contributed by atoms with E-state index in [1.54, 1.807) is 13.1 Å². The van der Waals surface area contributed by atoms with Gasteiger partial charge in [-0.25, -0.2) is 17.9 Å². The molecule has 1 aliphatic heterocycles. The molecule has 29 heavy (non-hydrogen) atoms. The van der Waals surface area contributed by atoms with Gasteiger partial charge in [-0.05, 0) is 17.7 Å². The first-order valence-electron chi connectivity index (χ1n) is 9.89. The van der Waals surface area contributed by atoms with E-state index >= 15 is 0 Å². The summed E-state index contributed by atoms with van der Waals surface area (Å²) >= 11 is 0. The van der Waals surface area contributed by atoms with Crippen LogP contribution in [0.5, 0.6) is 0 Å². The second kappa shape index (κ2) is 8.14. The van der Waals surface area contributed by atoms with Crippen LogP contribution in [-0.2, 0) is 23.5 Å². The van der Waals surface area contributed by atoms with Crippen molar-refractivity contribution >= 4 is 21.1 Å². The molecule has 8 heteroatoms. The van der Waals surface area contributed by atoms with Gasteiger partial charge in [0.25, 0.3) is 0 Å². The third-order valence-corrected chi connectivity index (χ3v) is 7.15. The lowest BCUT2D eigenvalue weighted by Crippen LogP contribution is -3.10. The van der Waals surface area contributed by atoms with Crippen LogP contribution in [0.2, 0.25) is 0 Å². The molecule has 1 saturated heterocycles. The number of nitrogens with one attached hydrogen (secondary N) is 2. The largest absolute Gasteiger partial charge is 0.419 e. The third-order valence-electron chi connectivity index (χ3n) is 5.73. The second-order valence-corrected chi connectivity index (χ2v) is 9.52. The van der Waals surface area contributed by atoms with E-state index in [1.165, 1.54) is 27.2 Å². The summed E-state index contributed by atoms with van der Waals surface area (Å²) in [6.07, 6.45) is 2.05. The van der Waals surface area contributed by atoms with E-state index in [0.29, 0.717) is 18.0 Å². The second-order valence-electron chi connectivity index (χ2n) is 7.75. The predicted octanol–water partition coefficient (Wildman–Crippen LogP) is 0.557. The summed E-state index contributed by atoms with van der Waals surface area (Å²) in [4.78, 5) is 13.2. The normalized spacial score (nSPS) is 19.8. The monoisotopic (exact) mass is 416 g/mol. The molecule has 0 amide bonds. The summed E-state index contributed by atoms with van der Waals surface area (Å²) in [6.45, 7) is 3.53. The van der Waals surface area contributed by atoms with Crippen LogP contribution < -0.4 is 15.4 Å². The molecule has 2 aromatic carbocycles. The van der Waals surface area contributed by atoms with E-state index in [-0.39, 0.29) is 10.5 Å². The van der Waals surface area contributed by atoms with E-state index in [1.807, 2.05) is 6.07 Å². The molecule has 2 atom stereocenters. The van der Waals surface area contributed by atoms with E-state index in [9.17, 15) is 13.2 Å². The number of aryl methyl sites for hydroxylation is 1. The average molecular weight is 417 g/mol. The van der Waals surface area contributed by atoms with Crippen molar-refractivity contribution in [2.24, 2.45) is 13.0 Å². The molecular weight excluding hydrogens is 390 g/mol. The van der Waals surface area contributed by atoms with Crippen molar-refractivity contribution in [1.82, 2.24) is 9.29 Å². The number of likely N-dealkylation sites (tertiary alicyclic amines) is 1. The molecule has 0 spiro atoms. The van der Waals surface area contributed by atoms with Gasteiger partial charge in [0.1, 0.15) is 0 Å². The lowest BCUT2D eigenvalue weighted by Gasteiger charge is -2.14. The maximum absolute atomic E-state index is 12.7. The number of rotatable bonds is 7. The predicted molar refractivity (Wildman–Crippen MR) is 110 cm³/mol. The topological polar surface area (TPSA) is 85.8 Å². The van der Waals surface area contributed by atoms with Gasteiger partial charge in [-0.1, -0.05) is 30.3 Å². The van der Waals surface area contributed by atoms with Crippen molar-refractivity contribution in [1.29, 1.82) is 0 Å². The Morgan fingerprint density at radius 3 is 2.79 bits per heavy atom. The average Bonchev–Trinajstić information content (AvgIpc) is 3.30. The number of fused-ring (bicyclic) bond motifs is 1. The number of quaternary nitrogens is 1. The Bertz CT molecular complexity index is 1150. The zero-order valence-electron chi connectivity index (χ0n) is 16.4. The molecule has 154 valence electrons.